The van der Waals surface area contributed by atoms with Crippen molar-refractivity contribution in [1.82, 2.24) is 20.2 Å². The second-order valence-electron chi connectivity index (χ2n) is 5.53. The Hall–Kier alpha value is -3.55. The molecule has 1 amide bonds. The van der Waals surface area contributed by atoms with E-state index in [1.54, 1.807) is 18.2 Å². The number of phenolic OH excluding ortho intramolecular Hbond substituents is 1. The zero-order valence-electron chi connectivity index (χ0n) is 14.4. The van der Waals surface area contributed by atoms with Crippen molar-refractivity contribution in [2.75, 3.05) is 6.61 Å². The van der Waals surface area contributed by atoms with E-state index in [1.807, 2.05) is 36.9 Å². The molecule has 0 bridgehead atoms. The van der Waals surface area contributed by atoms with Crippen LogP contribution in [-0.4, -0.2) is 38.6 Å². The van der Waals surface area contributed by atoms with Crippen LogP contribution in [-0.2, 0) is 7.05 Å². The predicted octanol–water partition coefficient (Wildman–Crippen LogP) is 2.28. The van der Waals surface area contributed by atoms with E-state index in [0.29, 0.717) is 29.3 Å². The summed E-state index contributed by atoms with van der Waals surface area (Å²) in [6, 6.07) is 10.3. The Balaban J connectivity index is 1.66. The van der Waals surface area contributed by atoms with Crippen LogP contribution in [0.1, 0.15) is 23.0 Å². The van der Waals surface area contributed by atoms with Crippen LogP contribution in [0.5, 0.6) is 11.5 Å². The molecule has 8 heteroatoms. The maximum atomic E-state index is 12.2. The molecular weight excluding hydrogens is 334 g/mol. The van der Waals surface area contributed by atoms with Crippen molar-refractivity contribution in [2.45, 2.75) is 6.92 Å². The third-order valence-electron chi connectivity index (χ3n) is 3.69. The van der Waals surface area contributed by atoms with Gasteiger partial charge in [0.15, 0.2) is 11.5 Å². The fraction of sp³-hybridized carbons (Fsp3) is 0.167. The number of aromatic nitrogens is 3. The highest BCUT2D eigenvalue weighted by Gasteiger charge is 2.11. The molecule has 0 fully saturated rings. The maximum absolute atomic E-state index is 12.2. The summed E-state index contributed by atoms with van der Waals surface area (Å²) >= 11 is 0. The van der Waals surface area contributed by atoms with Crippen LogP contribution in [0, 0.1) is 0 Å². The highest BCUT2D eigenvalue weighted by atomic mass is 16.5. The molecule has 0 unspecified atom stereocenters. The first-order chi connectivity index (χ1) is 12.6. The number of aromatic hydroxyl groups is 1. The van der Waals surface area contributed by atoms with Gasteiger partial charge in [-0.2, -0.15) is 10.2 Å². The molecule has 0 saturated heterocycles. The minimum atomic E-state index is -0.405. The van der Waals surface area contributed by atoms with E-state index in [0.717, 1.165) is 5.69 Å². The molecule has 0 atom stereocenters. The minimum Gasteiger partial charge on any atom is -0.504 e. The third kappa shape index (κ3) is 3.75. The van der Waals surface area contributed by atoms with Gasteiger partial charge in [-0.1, -0.05) is 0 Å². The molecule has 134 valence electrons. The standard InChI is InChI=1S/C18H19N5O3/c1-3-26-17-9-12(6-7-16(17)24)11-19-22-18(25)14-10-13(20-21-14)15-5-4-8-23(15)2/h4-11,24H,3H2,1-2H3,(H,20,21)(H,22,25)/b19-11-. The fourth-order valence-electron chi connectivity index (χ4n) is 2.40. The summed E-state index contributed by atoms with van der Waals surface area (Å²) in [5.74, 6) is 0.0141. The van der Waals surface area contributed by atoms with Gasteiger partial charge in [0.25, 0.3) is 5.91 Å². The molecule has 0 saturated carbocycles. The summed E-state index contributed by atoms with van der Waals surface area (Å²) in [5.41, 5.74) is 4.99. The number of nitrogens with zero attached hydrogens (tertiary/aromatic N) is 3. The third-order valence-corrected chi connectivity index (χ3v) is 3.69. The Morgan fingerprint density at radius 1 is 1.42 bits per heavy atom. The first-order valence-electron chi connectivity index (χ1n) is 8.05. The van der Waals surface area contributed by atoms with E-state index < -0.39 is 5.91 Å². The summed E-state index contributed by atoms with van der Waals surface area (Å²) in [6.07, 6.45) is 3.37. The summed E-state index contributed by atoms with van der Waals surface area (Å²) in [7, 11) is 1.90. The molecular formula is C18H19N5O3. The Labute approximate surface area is 150 Å². The van der Waals surface area contributed by atoms with Crippen molar-refractivity contribution in [3.05, 3.63) is 53.9 Å². The van der Waals surface area contributed by atoms with Crippen LogP contribution in [0.15, 0.2) is 47.7 Å². The summed E-state index contributed by atoms with van der Waals surface area (Å²) in [6.45, 7) is 2.27. The van der Waals surface area contributed by atoms with Gasteiger partial charge in [-0.15, -0.1) is 0 Å². The molecule has 0 radical (unpaired) electrons. The highest BCUT2D eigenvalue weighted by Crippen LogP contribution is 2.26. The van der Waals surface area contributed by atoms with Gasteiger partial charge in [0, 0.05) is 13.2 Å². The van der Waals surface area contributed by atoms with E-state index in [1.165, 1.54) is 12.3 Å². The van der Waals surface area contributed by atoms with Gasteiger partial charge in [-0.05, 0) is 48.9 Å². The number of nitrogens with one attached hydrogen (secondary N) is 2. The number of phenols is 1. The largest absolute Gasteiger partial charge is 0.504 e. The van der Waals surface area contributed by atoms with Crippen LogP contribution < -0.4 is 10.2 Å². The Bertz CT molecular complexity index is 942. The van der Waals surface area contributed by atoms with Gasteiger partial charge >= 0.3 is 0 Å². The molecule has 3 rings (SSSR count). The van der Waals surface area contributed by atoms with Gasteiger partial charge in [0.05, 0.1) is 18.5 Å². The van der Waals surface area contributed by atoms with Crippen LogP contribution in [0.25, 0.3) is 11.4 Å². The van der Waals surface area contributed by atoms with E-state index >= 15 is 0 Å². The molecule has 2 heterocycles. The number of rotatable bonds is 6. The number of hydrogen-bond donors (Lipinski definition) is 3. The van der Waals surface area contributed by atoms with Gasteiger partial charge in [0.1, 0.15) is 11.4 Å². The number of benzene rings is 1. The first-order valence-corrected chi connectivity index (χ1v) is 8.05. The van der Waals surface area contributed by atoms with Crippen LogP contribution in [0.3, 0.4) is 0 Å². The molecule has 26 heavy (non-hydrogen) atoms. The number of H-pyrrole nitrogens is 1. The lowest BCUT2D eigenvalue weighted by atomic mass is 10.2. The number of aromatic amines is 1. The SMILES string of the molecule is CCOc1cc(/C=N\NC(=O)c2cc(-c3cccn3C)n[nH]2)ccc1O. The van der Waals surface area contributed by atoms with Crippen LogP contribution >= 0.6 is 0 Å². The number of aryl methyl sites for hydroxylation is 1. The van der Waals surface area contributed by atoms with E-state index in [2.05, 4.69) is 20.7 Å². The lowest BCUT2D eigenvalue weighted by Gasteiger charge is -2.05. The van der Waals surface area contributed by atoms with Crippen molar-refractivity contribution in [1.29, 1.82) is 0 Å². The molecule has 0 aliphatic heterocycles. The maximum Gasteiger partial charge on any atom is 0.289 e. The van der Waals surface area contributed by atoms with E-state index in [-0.39, 0.29) is 5.75 Å². The number of amides is 1. The van der Waals surface area contributed by atoms with E-state index in [4.69, 9.17) is 4.74 Å². The Morgan fingerprint density at radius 2 is 2.27 bits per heavy atom. The monoisotopic (exact) mass is 353 g/mol. The molecule has 2 aromatic heterocycles. The average molecular weight is 353 g/mol. The van der Waals surface area contributed by atoms with Crippen molar-refractivity contribution >= 4 is 12.1 Å². The molecule has 0 spiro atoms. The normalized spacial score (nSPS) is 11.0. The van der Waals surface area contributed by atoms with Crippen molar-refractivity contribution in [3.63, 3.8) is 0 Å². The minimum absolute atomic E-state index is 0.0544. The Kier molecular flexibility index (Phi) is 5.02. The number of ether oxygens (including phenoxy) is 1. The molecule has 0 aliphatic rings. The molecule has 3 aromatic rings. The summed E-state index contributed by atoms with van der Waals surface area (Å²) in [5, 5.41) is 20.4. The second-order valence-corrected chi connectivity index (χ2v) is 5.53. The summed E-state index contributed by atoms with van der Waals surface area (Å²) < 4.78 is 7.22. The van der Waals surface area contributed by atoms with Crippen molar-refractivity contribution < 1.29 is 14.6 Å². The average Bonchev–Trinajstić information content (AvgIpc) is 3.26. The Morgan fingerprint density at radius 3 is 3.00 bits per heavy atom. The molecule has 3 N–H and O–H groups in total. The first kappa shape index (κ1) is 17.3. The number of carbonyl (C=O) groups is 1. The molecule has 1 aromatic carbocycles. The summed E-state index contributed by atoms with van der Waals surface area (Å²) in [4.78, 5) is 12.2. The van der Waals surface area contributed by atoms with Crippen molar-refractivity contribution in [3.8, 4) is 22.9 Å². The van der Waals surface area contributed by atoms with Crippen molar-refractivity contribution in [2.24, 2.45) is 12.1 Å². The van der Waals surface area contributed by atoms with Crippen LogP contribution in [0.2, 0.25) is 0 Å². The molecule has 8 nitrogen and oxygen atoms in total. The zero-order valence-corrected chi connectivity index (χ0v) is 14.4. The zero-order chi connectivity index (χ0) is 18.5. The second kappa shape index (κ2) is 7.56. The number of carbonyl (C=O) groups excluding carboxylic acids is 1. The van der Waals surface area contributed by atoms with Gasteiger partial charge < -0.3 is 14.4 Å². The lowest BCUT2D eigenvalue weighted by Crippen LogP contribution is -2.18. The van der Waals surface area contributed by atoms with E-state index in [9.17, 15) is 9.90 Å². The predicted molar refractivity (Wildman–Crippen MR) is 97.3 cm³/mol. The topological polar surface area (TPSA) is 105 Å². The van der Waals surface area contributed by atoms with Gasteiger partial charge in [-0.25, -0.2) is 5.43 Å². The lowest BCUT2D eigenvalue weighted by molar-refractivity contribution is 0.0950. The quantitative estimate of drug-likeness (QED) is 0.467. The number of hydrazone groups is 1. The molecule has 0 aliphatic carbocycles. The van der Waals surface area contributed by atoms with Gasteiger partial charge in [-0.3, -0.25) is 9.89 Å². The smallest absolute Gasteiger partial charge is 0.289 e. The van der Waals surface area contributed by atoms with Crippen LogP contribution in [0.4, 0.5) is 0 Å². The fourth-order valence-corrected chi connectivity index (χ4v) is 2.40. The highest BCUT2D eigenvalue weighted by molar-refractivity contribution is 5.94. The van der Waals surface area contributed by atoms with Gasteiger partial charge in [0.2, 0.25) is 0 Å². The number of hydrogen-bond acceptors (Lipinski definition) is 5.